The van der Waals surface area contributed by atoms with Crippen molar-refractivity contribution < 1.29 is 17.6 Å². The Kier molecular flexibility index (Phi) is 3.00. The summed E-state index contributed by atoms with van der Waals surface area (Å²) in [6.45, 7) is 0. The molecule has 1 aromatic heterocycles. The van der Waals surface area contributed by atoms with E-state index in [0.717, 1.165) is 12.8 Å². The predicted molar refractivity (Wildman–Crippen MR) is 81.3 cm³/mol. The van der Waals surface area contributed by atoms with Crippen molar-refractivity contribution in [1.82, 2.24) is 4.98 Å². The third-order valence-corrected chi connectivity index (χ3v) is 5.99. The first-order valence-corrected chi connectivity index (χ1v) is 9.25. The summed E-state index contributed by atoms with van der Waals surface area (Å²) in [7, 11) is -3.08. The topological polar surface area (TPSA) is 80.5 Å². The van der Waals surface area contributed by atoms with E-state index in [4.69, 9.17) is 4.42 Å². The molecule has 1 aliphatic carbocycles. The average Bonchev–Trinajstić information content (AvgIpc) is 3.10. The van der Waals surface area contributed by atoms with Gasteiger partial charge >= 0.3 is 6.01 Å². The van der Waals surface area contributed by atoms with Gasteiger partial charge in [-0.05, 0) is 31.4 Å². The Balaban J connectivity index is 1.67. The molecular formula is C15H16N2O4S. The maximum atomic E-state index is 12.8. The fraction of sp³-hybridized carbons (Fsp3) is 0.467. The van der Waals surface area contributed by atoms with Crippen LogP contribution in [0.15, 0.2) is 28.7 Å². The zero-order valence-electron chi connectivity index (χ0n) is 11.9. The minimum absolute atomic E-state index is 0.0602. The van der Waals surface area contributed by atoms with E-state index in [1.165, 1.54) is 0 Å². The number of fused-ring (bicyclic) bond motifs is 1. The van der Waals surface area contributed by atoms with Gasteiger partial charge in [-0.3, -0.25) is 9.69 Å². The van der Waals surface area contributed by atoms with Crippen molar-refractivity contribution in [3.63, 3.8) is 0 Å². The molecule has 1 aromatic carbocycles. The van der Waals surface area contributed by atoms with Crippen LogP contribution in [0, 0.1) is 5.92 Å². The molecule has 2 heterocycles. The lowest BCUT2D eigenvalue weighted by Gasteiger charge is -2.21. The van der Waals surface area contributed by atoms with Gasteiger partial charge in [-0.15, -0.1) is 0 Å². The van der Waals surface area contributed by atoms with Crippen LogP contribution in [0.2, 0.25) is 0 Å². The maximum absolute atomic E-state index is 12.8. The van der Waals surface area contributed by atoms with Crippen LogP contribution < -0.4 is 4.90 Å². The molecule has 2 aromatic rings. The summed E-state index contributed by atoms with van der Waals surface area (Å²) >= 11 is 0. The second kappa shape index (κ2) is 4.81. The van der Waals surface area contributed by atoms with E-state index in [-0.39, 0.29) is 29.5 Å². The lowest BCUT2D eigenvalue weighted by Crippen LogP contribution is -2.38. The zero-order chi connectivity index (χ0) is 15.3. The molecule has 1 saturated carbocycles. The van der Waals surface area contributed by atoms with Crippen molar-refractivity contribution in [3.05, 3.63) is 24.3 Å². The van der Waals surface area contributed by atoms with Gasteiger partial charge in [0, 0.05) is 6.04 Å². The summed E-state index contributed by atoms with van der Waals surface area (Å²) in [6.07, 6.45) is 2.21. The number of hydrogen-bond acceptors (Lipinski definition) is 5. The van der Waals surface area contributed by atoms with Crippen molar-refractivity contribution in [2.75, 3.05) is 16.4 Å². The number of nitrogens with zero attached hydrogens (tertiary/aromatic N) is 2. The summed E-state index contributed by atoms with van der Waals surface area (Å²) in [4.78, 5) is 18.7. The highest BCUT2D eigenvalue weighted by molar-refractivity contribution is 7.91. The number of para-hydroxylation sites is 2. The van der Waals surface area contributed by atoms with Crippen LogP contribution in [-0.2, 0) is 14.6 Å². The number of rotatable bonds is 3. The molecule has 22 heavy (non-hydrogen) atoms. The molecule has 1 amide bonds. The van der Waals surface area contributed by atoms with E-state index >= 15 is 0 Å². The minimum Gasteiger partial charge on any atom is -0.423 e. The first-order valence-electron chi connectivity index (χ1n) is 7.42. The van der Waals surface area contributed by atoms with Crippen LogP contribution >= 0.6 is 0 Å². The Labute approximate surface area is 128 Å². The van der Waals surface area contributed by atoms with Gasteiger partial charge in [-0.25, -0.2) is 8.42 Å². The quantitative estimate of drug-likeness (QED) is 0.861. The summed E-state index contributed by atoms with van der Waals surface area (Å²) in [6, 6.07) is 7.73. The summed E-state index contributed by atoms with van der Waals surface area (Å²) in [5.41, 5.74) is 1.34. The molecule has 1 aliphatic heterocycles. The van der Waals surface area contributed by atoms with E-state index < -0.39 is 15.8 Å². The van der Waals surface area contributed by atoms with Gasteiger partial charge in [0.1, 0.15) is 5.52 Å². The van der Waals surface area contributed by atoms with Crippen LogP contribution in [0.3, 0.4) is 0 Å². The average molecular weight is 320 g/mol. The number of aromatic nitrogens is 1. The molecule has 2 aliphatic rings. The van der Waals surface area contributed by atoms with E-state index in [1.54, 1.807) is 11.0 Å². The van der Waals surface area contributed by atoms with E-state index in [2.05, 4.69) is 4.98 Å². The number of anilines is 1. The van der Waals surface area contributed by atoms with Crippen molar-refractivity contribution in [3.8, 4) is 0 Å². The molecule has 0 N–H and O–H groups in total. The highest BCUT2D eigenvalue weighted by atomic mass is 32.2. The monoisotopic (exact) mass is 320 g/mol. The molecule has 7 heteroatoms. The fourth-order valence-corrected chi connectivity index (χ4v) is 4.65. The van der Waals surface area contributed by atoms with Crippen molar-refractivity contribution in [2.24, 2.45) is 5.92 Å². The highest BCUT2D eigenvalue weighted by Gasteiger charge is 2.43. The maximum Gasteiger partial charge on any atom is 0.305 e. The third-order valence-electron chi connectivity index (χ3n) is 4.22. The molecule has 1 saturated heterocycles. The first kappa shape index (κ1) is 13.8. The summed E-state index contributed by atoms with van der Waals surface area (Å²) in [5.74, 6) is -0.610. The smallest absolute Gasteiger partial charge is 0.305 e. The predicted octanol–water partition coefficient (Wildman–Crippen LogP) is 1.76. The van der Waals surface area contributed by atoms with Crippen LogP contribution in [0.1, 0.15) is 19.3 Å². The van der Waals surface area contributed by atoms with Crippen molar-refractivity contribution in [1.29, 1.82) is 0 Å². The number of amides is 1. The Morgan fingerprint density at radius 2 is 2.00 bits per heavy atom. The molecule has 0 bridgehead atoms. The Morgan fingerprint density at radius 3 is 2.64 bits per heavy atom. The number of oxazole rings is 1. The van der Waals surface area contributed by atoms with Gasteiger partial charge < -0.3 is 4.42 Å². The third kappa shape index (κ3) is 2.39. The Bertz CT molecular complexity index is 805. The fourth-order valence-electron chi connectivity index (χ4n) is 2.91. The van der Waals surface area contributed by atoms with Crippen LogP contribution in [0.4, 0.5) is 6.01 Å². The van der Waals surface area contributed by atoms with Gasteiger partial charge in [0.25, 0.3) is 0 Å². The van der Waals surface area contributed by atoms with Gasteiger partial charge in [-0.2, -0.15) is 4.98 Å². The molecule has 1 unspecified atom stereocenters. The molecule has 0 spiro atoms. The number of sulfone groups is 1. The highest BCUT2D eigenvalue weighted by Crippen LogP contribution is 2.35. The normalized spacial score (nSPS) is 23.7. The molecule has 116 valence electrons. The molecule has 1 atom stereocenters. The number of hydrogen-bond donors (Lipinski definition) is 0. The zero-order valence-corrected chi connectivity index (χ0v) is 12.8. The Hall–Kier alpha value is -1.89. The standard InChI is InChI=1S/C15H16N2O4S/c18-14(10-7-8-22(19,20)9-10)17(11-5-6-11)15-16-12-3-1-2-4-13(12)21-15/h1-4,10-11H,5-9H2. The van der Waals surface area contributed by atoms with E-state index in [1.807, 2.05) is 18.2 Å². The van der Waals surface area contributed by atoms with Crippen molar-refractivity contribution in [2.45, 2.75) is 25.3 Å². The SMILES string of the molecule is O=C(C1CCS(=O)(=O)C1)N(c1nc2ccccc2o1)C1CC1. The second-order valence-electron chi connectivity index (χ2n) is 6.00. The van der Waals surface area contributed by atoms with Crippen LogP contribution in [0.5, 0.6) is 0 Å². The van der Waals surface area contributed by atoms with E-state index in [0.29, 0.717) is 17.5 Å². The molecule has 2 fully saturated rings. The van der Waals surface area contributed by atoms with Gasteiger partial charge in [0.2, 0.25) is 5.91 Å². The molecule has 0 radical (unpaired) electrons. The van der Waals surface area contributed by atoms with Gasteiger partial charge in [0.05, 0.1) is 17.4 Å². The van der Waals surface area contributed by atoms with Gasteiger partial charge in [-0.1, -0.05) is 12.1 Å². The summed E-state index contributed by atoms with van der Waals surface area (Å²) < 4.78 is 29.0. The van der Waals surface area contributed by atoms with Crippen molar-refractivity contribution >= 4 is 32.9 Å². The largest absolute Gasteiger partial charge is 0.423 e. The summed E-state index contributed by atoms with van der Waals surface area (Å²) in [5, 5.41) is 0. The van der Waals surface area contributed by atoms with Crippen LogP contribution in [0.25, 0.3) is 11.1 Å². The molecule has 4 rings (SSSR count). The lowest BCUT2D eigenvalue weighted by molar-refractivity contribution is -0.122. The Morgan fingerprint density at radius 1 is 1.23 bits per heavy atom. The first-order chi connectivity index (χ1) is 10.5. The second-order valence-corrected chi connectivity index (χ2v) is 8.23. The minimum atomic E-state index is -3.08. The van der Waals surface area contributed by atoms with E-state index in [9.17, 15) is 13.2 Å². The van der Waals surface area contributed by atoms with Gasteiger partial charge in [0.15, 0.2) is 15.4 Å². The number of benzene rings is 1. The lowest BCUT2D eigenvalue weighted by atomic mass is 10.1. The molecule has 6 nitrogen and oxygen atoms in total. The van der Waals surface area contributed by atoms with Crippen LogP contribution in [-0.4, -0.2) is 36.9 Å². The number of carbonyl (C=O) groups is 1. The number of carbonyl (C=O) groups excluding carboxylic acids is 1. The molecular weight excluding hydrogens is 304 g/mol.